The van der Waals surface area contributed by atoms with Crippen molar-refractivity contribution in [3.05, 3.63) is 76.0 Å². The van der Waals surface area contributed by atoms with Gasteiger partial charge in [0.15, 0.2) is 0 Å². The van der Waals surface area contributed by atoms with Crippen LogP contribution in [0.4, 0.5) is 28.8 Å². The van der Waals surface area contributed by atoms with Crippen LogP contribution in [0, 0.1) is 17.0 Å². The maximum absolute atomic E-state index is 12.5. The number of carbonyl (C=O) groups excluding carboxylic acids is 1. The number of para-hydroxylation sites is 1. The molecule has 2 aromatic carbocycles. The molecule has 2 N–H and O–H groups in total. The molecule has 32 heavy (non-hydrogen) atoms. The maximum atomic E-state index is 12.5. The van der Waals surface area contributed by atoms with E-state index < -0.39 is 10.8 Å². The zero-order chi connectivity index (χ0) is 22.5. The van der Waals surface area contributed by atoms with E-state index in [2.05, 4.69) is 25.5 Å². The van der Waals surface area contributed by atoms with Gasteiger partial charge in [-0.3, -0.25) is 14.9 Å². The second kappa shape index (κ2) is 9.42. The summed E-state index contributed by atoms with van der Waals surface area (Å²) >= 11 is 0. The van der Waals surface area contributed by atoms with Crippen LogP contribution in [0.2, 0.25) is 0 Å². The third-order valence-corrected chi connectivity index (χ3v) is 5.27. The first kappa shape index (κ1) is 21.2. The highest BCUT2D eigenvalue weighted by atomic mass is 16.6. The number of amides is 1. The zero-order valence-electron chi connectivity index (χ0n) is 17.7. The third kappa shape index (κ3) is 5.00. The van der Waals surface area contributed by atoms with Crippen molar-refractivity contribution in [3.63, 3.8) is 0 Å². The van der Waals surface area contributed by atoms with Crippen molar-refractivity contribution in [2.75, 3.05) is 28.6 Å². The van der Waals surface area contributed by atoms with E-state index in [0.717, 1.165) is 30.3 Å². The predicted molar refractivity (Wildman–Crippen MR) is 124 cm³/mol. The third-order valence-electron chi connectivity index (χ3n) is 5.27. The highest BCUT2D eigenvalue weighted by molar-refractivity contribution is 6.07. The molecule has 4 rings (SSSR count). The van der Waals surface area contributed by atoms with Crippen LogP contribution < -0.4 is 15.5 Å². The Kier molecular flexibility index (Phi) is 6.25. The summed E-state index contributed by atoms with van der Waals surface area (Å²) in [5, 5.41) is 17.1. The van der Waals surface area contributed by atoms with Gasteiger partial charge in [-0.25, -0.2) is 4.98 Å². The molecule has 0 unspecified atom stereocenters. The lowest BCUT2D eigenvalue weighted by Gasteiger charge is -2.28. The lowest BCUT2D eigenvalue weighted by atomic mass is 10.1. The van der Waals surface area contributed by atoms with Gasteiger partial charge in [-0.15, -0.1) is 0 Å². The summed E-state index contributed by atoms with van der Waals surface area (Å²) in [6.07, 6.45) is 3.60. The van der Waals surface area contributed by atoms with Crippen molar-refractivity contribution in [2.45, 2.75) is 26.2 Å². The van der Waals surface area contributed by atoms with Crippen LogP contribution in [-0.4, -0.2) is 33.9 Å². The van der Waals surface area contributed by atoms with Gasteiger partial charge in [0.1, 0.15) is 11.4 Å². The minimum absolute atomic E-state index is 0.0121. The number of nitro benzene ring substituents is 1. The molecule has 0 aliphatic carbocycles. The van der Waals surface area contributed by atoms with Gasteiger partial charge in [-0.05, 0) is 56.5 Å². The number of rotatable bonds is 6. The van der Waals surface area contributed by atoms with Crippen LogP contribution in [0.15, 0.2) is 54.6 Å². The molecule has 9 heteroatoms. The van der Waals surface area contributed by atoms with Crippen molar-refractivity contribution in [1.29, 1.82) is 0 Å². The second-order valence-electron chi connectivity index (χ2n) is 7.67. The van der Waals surface area contributed by atoms with Gasteiger partial charge in [0.25, 0.3) is 11.6 Å². The predicted octanol–water partition coefficient (Wildman–Crippen LogP) is 4.68. The molecular formula is C23H24N6O3. The van der Waals surface area contributed by atoms with Gasteiger partial charge in [-0.2, -0.15) is 4.98 Å². The van der Waals surface area contributed by atoms with Crippen LogP contribution >= 0.6 is 0 Å². The Morgan fingerprint density at radius 1 is 1.00 bits per heavy atom. The number of nitro groups is 1. The van der Waals surface area contributed by atoms with Gasteiger partial charge < -0.3 is 15.5 Å². The normalized spacial score (nSPS) is 13.5. The molecule has 1 aromatic heterocycles. The Morgan fingerprint density at radius 3 is 2.41 bits per heavy atom. The molecule has 2 heterocycles. The quantitative estimate of drug-likeness (QED) is 0.429. The monoisotopic (exact) mass is 432 g/mol. The Hall–Kier alpha value is -4.01. The molecule has 0 spiro atoms. The van der Waals surface area contributed by atoms with Crippen LogP contribution in [0.3, 0.4) is 0 Å². The molecule has 3 aromatic rings. The fraction of sp³-hybridized carbons (Fsp3) is 0.261. The number of hydrogen-bond acceptors (Lipinski definition) is 7. The van der Waals surface area contributed by atoms with Crippen LogP contribution in [0.25, 0.3) is 0 Å². The van der Waals surface area contributed by atoms with Gasteiger partial charge in [0.05, 0.1) is 4.92 Å². The summed E-state index contributed by atoms with van der Waals surface area (Å²) in [6.45, 7) is 3.95. The molecule has 1 saturated heterocycles. The highest BCUT2D eigenvalue weighted by Gasteiger charge is 2.19. The van der Waals surface area contributed by atoms with E-state index >= 15 is 0 Å². The molecular weight excluding hydrogens is 408 g/mol. The number of hydrogen-bond donors (Lipinski definition) is 2. The van der Waals surface area contributed by atoms with E-state index in [1.165, 1.54) is 37.5 Å². The number of aromatic nitrogens is 2. The Labute approximate surface area is 185 Å². The van der Waals surface area contributed by atoms with Gasteiger partial charge in [-0.1, -0.05) is 12.1 Å². The molecule has 1 fully saturated rings. The van der Waals surface area contributed by atoms with Crippen LogP contribution in [0.5, 0.6) is 0 Å². The van der Waals surface area contributed by atoms with Crippen molar-refractivity contribution < 1.29 is 9.72 Å². The van der Waals surface area contributed by atoms with Crippen molar-refractivity contribution in [1.82, 2.24) is 9.97 Å². The number of piperidine rings is 1. The first-order valence-corrected chi connectivity index (χ1v) is 10.5. The van der Waals surface area contributed by atoms with E-state index in [9.17, 15) is 14.9 Å². The summed E-state index contributed by atoms with van der Waals surface area (Å²) < 4.78 is 0. The molecule has 0 saturated carbocycles. The molecule has 1 aliphatic heterocycles. The van der Waals surface area contributed by atoms with E-state index in [1.54, 1.807) is 30.3 Å². The summed E-state index contributed by atoms with van der Waals surface area (Å²) in [5.74, 6) is 0.904. The summed E-state index contributed by atoms with van der Waals surface area (Å²) in [6, 6.07) is 14.9. The Morgan fingerprint density at radius 2 is 1.69 bits per heavy atom. The first-order valence-electron chi connectivity index (χ1n) is 10.5. The van der Waals surface area contributed by atoms with Gasteiger partial charge in [0.2, 0.25) is 5.95 Å². The molecule has 0 bridgehead atoms. The largest absolute Gasteiger partial charge is 0.356 e. The molecule has 0 radical (unpaired) electrons. The number of carbonyl (C=O) groups is 1. The lowest BCUT2D eigenvalue weighted by Crippen LogP contribution is -2.30. The van der Waals surface area contributed by atoms with Crippen molar-refractivity contribution in [3.8, 4) is 0 Å². The zero-order valence-corrected chi connectivity index (χ0v) is 17.7. The second-order valence-corrected chi connectivity index (χ2v) is 7.67. The minimum atomic E-state index is -0.568. The standard InChI is InChI=1S/C23H24N6O3/c1-16-15-21(28-13-5-2-6-14-28)27-23(24-16)26-18-11-9-17(10-12-18)25-22(30)19-7-3-4-8-20(19)29(31)32/h3-4,7-12,15H,2,5-6,13-14H2,1H3,(H,25,30)(H,24,26,27). The molecule has 0 atom stereocenters. The number of aryl methyl sites for hydroxylation is 1. The average molecular weight is 432 g/mol. The topological polar surface area (TPSA) is 113 Å². The smallest absolute Gasteiger partial charge is 0.282 e. The summed E-state index contributed by atoms with van der Waals surface area (Å²) in [5.41, 5.74) is 1.96. The minimum Gasteiger partial charge on any atom is -0.356 e. The van der Waals surface area contributed by atoms with Gasteiger partial charge >= 0.3 is 0 Å². The van der Waals surface area contributed by atoms with Crippen molar-refractivity contribution in [2.24, 2.45) is 0 Å². The molecule has 1 amide bonds. The average Bonchev–Trinajstić information content (AvgIpc) is 2.80. The highest BCUT2D eigenvalue weighted by Crippen LogP contribution is 2.23. The Balaban J connectivity index is 1.45. The summed E-state index contributed by atoms with van der Waals surface area (Å²) in [4.78, 5) is 34.5. The SMILES string of the molecule is Cc1cc(N2CCCCC2)nc(Nc2ccc(NC(=O)c3ccccc3[N+](=O)[O-])cc2)n1. The maximum Gasteiger partial charge on any atom is 0.282 e. The van der Waals surface area contributed by atoms with E-state index in [4.69, 9.17) is 0 Å². The first-order chi connectivity index (χ1) is 15.5. The van der Waals surface area contributed by atoms with E-state index in [0.29, 0.717) is 11.6 Å². The van der Waals surface area contributed by atoms with Gasteiger partial charge in [0, 0.05) is 42.3 Å². The van der Waals surface area contributed by atoms with Crippen LogP contribution in [-0.2, 0) is 0 Å². The number of benzene rings is 2. The molecule has 164 valence electrons. The Bertz CT molecular complexity index is 1130. The fourth-order valence-electron chi connectivity index (χ4n) is 3.68. The van der Waals surface area contributed by atoms with E-state index in [-0.39, 0.29) is 11.3 Å². The molecule has 1 aliphatic rings. The fourth-order valence-corrected chi connectivity index (χ4v) is 3.68. The summed E-state index contributed by atoms with van der Waals surface area (Å²) in [7, 11) is 0. The number of nitrogens with zero attached hydrogens (tertiary/aromatic N) is 4. The van der Waals surface area contributed by atoms with E-state index in [1.807, 2.05) is 13.0 Å². The lowest BCUT2D eigenvalue weighted by molar-refractivity contribution is -0.385. The number of anilines is 4. The van der Waals surface area contributed by atoms with Crippen LogP contribution in [0.1, 0.15) is 35.3 Å². The molecule has 9 nitrogen and oxygen atoms in total. The van der Waals surface area contributed by atoms with Crippen molar-refractivity contribution >= 4 is 34.7 Å². The number of nitrogens with one attached hydrogen (secondary N) is 2.